The highest BCUT2D eigenvalue weighted by molar-refractivity contribution is 6.31. The topological polar surface area (TPSA) is 22.5 Å². The lowest BCUT2D eigenvalue weighted by atomic mass is 9.81. The van der Waals surface area contributed by atoms with Gasteiger partial charge in [-0.25, -0.2) is 0 Å². The molecule has 35 heavy (non-hydrogen) atoms. The van der Waals surface area contributed by atoms with Crippen LogP contribution in [0.5, 0.6) is 0 Å². The van der Waals surface area contributed by atoms with E-state index in [-0.39, 0.29) is 5.41 Å². The molecule has 1 aliphatic carbocycles. The van der Waals surface area contributed by atoms with Crippen molar-refractivity contribution in [1.82, 2.24) is 8.97 Å². The van der Waals surface area contributed by atoms with Crippen LogP contribution in [0.25, 0.3) is 71.4 Å². The van der Waals surface area contributed by atoms with E-state index in [4.69, 9.17) is 4.42 Å². The summed E-state index contributed by atoms with van der Waals surface area (Å²) in [5.41, 5.74) is 12.2. The average molecular weight is 451 g/mol. The smallest absolute Gasteiger partial charge is 0.160 e. The maximum absolute atomic E-state index is 6.70. The van der Waals surface area contributed by atoms with Crippen molar-refractivity contribution in [3.8, 4) is 11.3 Å². The molecule has 8 aromatic rings. The normalized spacial score (nSPS) is 14.9. The van der Waals surface area contributed by atoms with Gasteiger partial charge in [0.05, 0.1) is 16.7 Å². The summed E-state index contributed by atoms with van der Waals surface area (Å²) in [4.78, 5) is 0. The third kappa shape index (κ3) is 1.80. The quantitative estimate of drug-likeness (QED) is 0.227. The van der Waals surface area contributed by atoms with Crippen molar-refractivity contribution in [3.05, 3.63) is 90.0 Å². The highest BCUT2D eigenvalue weighted by atomic mass is 16.3. The molecule has 0 radical (unpaired) electrons. The molecule has 0 unspecified atom stereocenters. The summed E-state index contributed by atoms with van der Waals surface area (Å²) in [6.07, 6.45) is 0. The summed E-state index contributed by atoms with van der Waals surface area (Å²) in [5.74, 6) is 0. The van der Waals surface area contributed by atoms with Crippen LogP contribution in [0.3, 0.4) is 0 Å². The Balaban J connectivity index is 1.76. The third-order valence-electron chi connectivity index (χ3n) is 8.64. The van der Waals surface area contributed by atoms with Crippen LogP contribution in [0.2, 0.25) is 0 Å². The molecule has 0 fully saturated rings. The predicted octanol–water partition coefficient (Wildman–Crippen LogP) is 8.38. The van der Waals surface area contributed by atoms with Crippen molar-refractivity contribution < 1.29 is 4.42 Å². The molecule has 0 atom stereocenters. The number of hydrogen-bond donors (Lipinski definition) is 0. The number of furan rings is 1. The molecule has 4 heterocycles. The molecular formula is C32H22N2O. The van der Waals surface area contributed by atoms with Gasteiger partial charge in [0.2, 0.25) is 0 Å². The van der Waals surface area contributed by atoms with Gasteiger partial charge >= 0.3 is 0 Å². The summed E-state index contributed by atoms with van der Waals surface area (Å²) in [6, 6.07) is 28.7. The summed E-state index contributed by atoms with van der Waals surface area (Å²) in [5, 5.41) is 6.29. The van der Waals surface area contributed by atoms with Gasteiger partial charge in [-0.3, -0.25) is 0 Å². The fourth-order valence-electron chi connectivity index (χ4n) is 7.21. The number of benzene rings is 4. The Hall–Kier alpha value is -4.24. The number of para-hydroxylation sites is 1. The largest absolute Gasteiger partial charge is 0.454 e. The Morgan fingerprint density at radius 2 is 1.46 bits per heavy atom. The molecule has 0 spiro atoms. The molecule has 0 saturated carbocycles. The van der Waals surface area contributed by atoms with Crippen molar-refractivity contribution in [2.75, 3.05) is 0 Å². The van der Waals surface area contributed by atoms with Gasteiger partial charge in [-0.2, -0.15) is 0 Å². The van der Waals surface area contributed by atoms with E-state index in [1.807, 2.05) is 0 Å². The maximum Gasteiger partial charge on any atom is 0.160 e. The molecule has 0 N–H and O–H groups in total. The van der Waals surface area contributed by atoms with E-state index in [0.717, 1.165) is 16.6 Å². The van der Waals surface area contributed by atoms with E-state index in [2.05, 4.69) is 109 Å². The second kappa shape index (κ2) is 5.52. The first-order valence-corrected chi connectivity index (χ1v) is 12.3. The lowest BCUT2D eigenvalue weighted by Crippen LogP contribution is -2.14. The lowest BCUT2D eigenvalue weighted by molar-refractivity contribution is 0.666. The number of aromatic nitrogens is 2. The highest BCUT2D eigenvalue weighted by Gasteiger charge is 2.41. The monoisotopic (exact) mass is 450 g/mol. The van der Waals surface area contributed by atoms with Crippen LogP contribution in [-0.2, 0) is 12.5 Å². The zero-order valence-corrected chi connectivity index (χ0v) is 19.8. The summed E-state index contributed by atoms with van der Waals surface area (Å²) >= 11 is 0. The van der Waals surface area contributed by atoms with Gasteiger partial charge in [-0.1, -0.05) is 68.4 Å². The fraction of sp³-hybridized carbons (Fsp3) is 0.125. The Bertz CT molecular complexity index is 2200. The molecule has 0 bridgehead atoms. The molecular weight excluding hydrogens is 428 g/mol. The number of aryl methyl sites for hydroxylation is 1. The summed E-state index contributed by atoms with van der Waals surface area (Å²) < 4.78 is 11.6. The van der Waals surface area contributed by atoms with Crippen LogP contribution in [0.4, 0.5) is 0 Å². The maximum atomic E-state index is 6.70. The first-order chi connectivity index (χ1) is 17.1. The first kappa shape index (κ1) is 18.1. The zero-order chi connectivity index (χ0) is 23.2. The lowest BCUT2D eigenvalue weighted by Gasteiger charge is -2.21. The van der Waals surface area contributed by atoms with E-state index in [0.29, 0.717) is 0 Å². The van der Waals surface area contributed by atoms with E-state index >= 15 is 0 Å². The Morgan fingerprint density at radius 3 is 2.37 bits per heavy atom. The van der Waals surface area contributed by atoms with E-state index in [1.54, 1.807) is 0 Å². The van der Waals surface area contributed by atoms with Gasteiger partial charge in [0.15, 0.2) is 5.58 Å². The van der Waals surface area contributed by atoms with Gasteiger partial charge in [-0.15, -0.1) is 0 Å². The van der Waals surface area contributed by atoms with Crippen molar-refractivity contribution in [2.45, 2.75) is 19.3 Å². The minimum atomic E-state index is -0.0879. The molecule has 166 valence electrons. The SMILES string of the molecule is Cn1c2cccc3c4oc5ccccc5c4n4c5c(c6ccc1c(c32)c64)C(C)(C)c1ccccc1-5. The van der Waals surface area contributed by atoms with Crippen LogP contribution in [-0.4, -0.2) is 8.97 Å². The fourth-order valence-corrected chi connectivity index (χ4v) is 7.21. The highest BCUT2D eigenvalue weighted by Crippen LogP contribution is 2.55. The summed E-state index contributed by atoms with van der Waals surface area (Å²) in [6.45, 7) is 4.75. The third-order valence-corrected chi connectivity index (χ3v) is 8.64. The summed E-state index contributed by atoms with van der Waals surface area (Å²) in [7, 11) is 2.18. The van der Waals surface area contributed by atoms with E-state index < -0.39 is 0 Å². The standard InChI is InChI=1S/C32H22N2O/c1-32(2)21-12-6-4-9-17(21)29-27(32)20-15-16-23-26-25-19(11-8-13-22(25)33(23)3)31-30(34(29)28(20)26)18-10-5-7-14-24(18)35-31/h4-16H,1-3H3. The Kier molecular flexibility index (Phi) is 2.86. The molecule has 1 aliphatic rings. The molecule has 0 aliphatic heterocycles. The average Bonchev–Trinajstić information content (AvgIpc) is 3.54. The Morgan fingerprint density at radius 1 is 0.686 bits per heavy atom. The second-order valence-electron chi connectivity index (χ2n) is 10.6. The van der Waals surface area contributed by atoms with Crippen LogP contribution in [0, 0.1) is 0 Å². The van der Waals surface area contributed by atoms with Gasteiger partial charge in [0.1, 0.15) is 11.1 Å². The van der Waals surface area contributed by atoms with Crippen molar-refractivity contribution in [2.24, 2.45) is 7.05 Å². The number of fused-ring (bicyclic) bond motifs is 10. The number of rotatable bonds is 0. The Labute approximate surface area is 201 Å². The van der Waals surface area contributed by atoms with Gasteiger partial charge < -0.3 is 13.4 Å². The molecule has 0 saturated heterocycles. The number of hydrogen-bond acceptors (Lipinski definition) is 1. The van der Waals surface area contributed by atoms with Crippen LogP contribution in [0.15, 0.2) is 83.3 Å². The van der Waals surface area contributed by atoms with E-state index in [1.165, 1.54) is 66.0 Å². The second-order valence-corrected chi connectivity index (χ2v) is 10.6. The van der Waals surface area contributed by atoms with E-state index in [9.17, 15) is 0 Å². The van der Waals surface area contributed by atoms with Crippen molar-refractivity contribution >= 4 is 60.2 Å². The molecule has 0 amide bonds. The molecule has 4 aromatic carbocycles. The predicted molar refractivity (Wildman–Crippen MR) is 145 cm³/mol. The molecule has 3 heteroatoms. The minimum absolute atomic E-state index is 0.0879. The van der Waals surface area contributed by atoms with Gasteiger partial charge in [0, 0.05) is 50.5 Å². The molecule has 3 nitrogen and oxygen atoms in total. The van der Waals surface area contributed by atoms with Crippen molar-refractivity contribution in [3.63, 3.8) is 0 Å². The minimum Gasteiger partial charge on any atom is -0.454 e. The van der Waals surface area contributed by atoms with Gasteiger partial charge in [0.25, 0.3) is 0 Å². The molecule has 4 aromatic heterocycles. The molecule has 9 rings (SSSR count). The van der Waals surface area contributed by atoms with Crippen LogP contribution >= 0.6 is 0 Å². The van der Waals surface area contributed by atoms with Crippen molar-refractivity contribution in [1.29, 1.82) is 0 Å². The first-order valence-electron chi connectivity index (χ1n) is 12.3. The number of nitrogens with zero attached hydrogens (tertiary/aromatic N) is 2. The zero-order valence-electron chi connectivity index (χ0n) is 19.8. The van der Waals surface area contributed by atoms with Gasteiger partial charge in [-0.05, 0) is 35.4 Å². The van der Waals surface area contributed by atoms with Crippen LogP contribution < -0.4 is 0 Å². The van der Waals surface area contributed by atoms with Crippen LogP contribution in [0.1, 0.15) is 25.0 Å².